The zero-order valence-electron chi connectivity index (χ0n) is 16.5. The number of anilines is 2. The van der Waals surface area contributed by atoms with E-state index in [1.807, 2.05) is 33.8 Å². The molecule has 2 N–H and O–H groups in total. The predicted octanol–water partition coefficient (Wildman–Crippen LogP) is 3.40. The lowest BCUT2D eigenvalue weighted by Crippen LogP contribution is -2.30. The van der Waals surface area contributed by atoms with E-state index in [0.717, 1.165) is 33.2 Å². The lowest BCUT2D eigenvalue weighted by atomic mass is 10.1. The standard InChI is InChI=1S/C20H23N5O2S/c1-11(2)22-18(26)14-7-6-12(3)16(10-14)24-19-21-9-8-15(23-19)17-13(4)25(5)20(27)28-17/h6-11H,1-5H3,(H,22,26)(H,21,23,24). The molecule has 7 nitrogen and oxygen atoms in total. The van der Waals surface area contributed by atoms with Gasteiger partial charge in [0.2, 0.25) is 5.95 Å². The monoisotopic (exact) mass is 397 g/mol. The number of aromatic nitrogens is 3. The molecule has 8 heteroatoms. The fourth-order valence-corrected chi connectivity index (χ4v) is 3.62. The number of nitrogens with zero attached hydrogens (tertiary/aromatic N) is 3. The second kappa shape index (κ2) is 7.93. The summed E-state index contributed by atoms with van der Waals surface area (Å²) in [5, 5.41) is 6.07. The number of carbonyl (C=O) groups excluding carboxylic acids is 1. The van der Waals surface area contributed by atoms with Gasteiger partial charge in [0.25, 0.3) is 5.91 Å². The molecule has 0 aliphatic heterocycles. The first-order valence-electron chi connectivity index (χ1n) is 8.94. The van der Waals surface area contributed by atoms with E-state index in [2.05, 4.69) is 20.6 Å². The van der Waals surface area contributed by atoms with Crippen LogP contribution >= 0.6 is 11.3 Å². The second-order valence-electron chi connectivity index (χ2n) is 6.89. The quantitative estimate of drug-likeness (QED) is 0.689. The smallest absolute Gasteiger partial charge is 0.307 e. The zero-order valence-corrected chi connectivity index (χ0v) is 17.3. The Labute approximate surface area is 167 Å². The van der Waals surface area contributed by atoms with Gasteiger partial charge < -0.3 is 15.2 Å². The number of hydrogen-bond acceptors (Lipinski definition) is 6. The highest BCUT2D eigenvalue weighted by molar-refractivity contribution is 7.13. The van der Waals surface area contributed by atoms with Gasteiger partial charge in [0.05, 0.1) is 10.6 Å². The van der Waals surface area contributed by atoms with Crippen molar-refractivity contribution in [3.63, 3.8) is 0 Å². The Kier molecular flexibility index (Phi) is 5.60. The fraction of sp³-hybridized carbons (Fsp3) is 0.300. The molecule has 1 amide bonds. The van der Waals surface area contributed by atoms with Gasteiger partial charge in [-0.25, -0.2) is 9.97 Å². The average Bonchev–Trinajstić information content (AvgIpc) is 2.90. The van der Waals surface area contributed by atoms with Crippen LogP contribution in [0.2, 0.25) is 0 Å². The van der Waals surface area contributed by atoms with Crippen molar-refractivity contribution < 1.29 is 4.79 Å². The maximum Gasteiger partial charge on any atom is 0.307 e. The molecule has 0 atom stereocenters. The molecule has 0 saturated heterocycles. The first-order chi connectivity index (χ1) is 13.3. The van der Waals surface area contributed by atoms with Crippen LogP contribution in [0.15, 0.2) is 35.3 Å². The summed E-state index contributed by atoms with van der Waals surface area (Å²) in [6.45, 7) is 7.68. The summed E-state index contributed by atoms with van der Waals surface area (Å²) in [6.07, 6.45) is 1.65. The molecule has 0 spiro atoms. The summed E-state index contributed by atoms with van der Waals surface area (Å²) in [7, 11) is 1.75. The van der Waals surface area contributed by atoms with E-state index in [0.29, 0.717) is 17.2 Å². The van der Waals surface area contributed by atoms with Crippen LogP contribution in [0, 0.1) is 13.8 Å². The van der Waals surface area contributed by atoms with Crippen LogP contribution in [0.3, 0.4) is 0 Å². The third kappa shape index (κ3) is 4.12. The SMILES string of the molecule is Cc1ccc(C(=O)NC(C)C)cc1Nc1nccc(-c2sc(=O)n(C)c2C)n1. The van der Waals surface area contributed by atoms with Gasteiger partial charge in [-0.3, -0.25) is 9.59 Å². The first kappa shape index (κ1) is 19.8. The number of benzene rings is 1. The van der Waals surface area contributed by atoms with E-state index in [1.165, 1.54) is 0 Å². The summed E-state index contributed by atoms with van der Waals surface area (Å²) < 4.78 is 1.61. The van der Waals surface area contributed by atoms with Crippen molar-refractivity contribution in [2.45, 2.75) is 33.7 Å². The van der Waals surface area contributed by atoms with Crippen LogP contribution in [-0.2, 0) is 7.05 Å². The van der Waals surface area contributed by atoms with Gasteiger partial charge in [-0.15, -0.1) is 0 Å². The van der Waals surface area contributed by atoms with E-state index in [9.17, 15) is 9.59 Å². The van der Waals surface area contributed by atoms with Crippen LogP contribution in [0.1, 0.15) is 35.5 Å². The third-order valence-electron chi connectivity index (χ3n) is 4.35. The van der Waals surface area contributed by atoms with E-state index < -0.39 is 0 Å². The molecule has 0 bridgehead atoms. The molecule has 2 heterocycles. The molecular weight excluding hydrogens is 374 g/mol. The zero-order chi connectivity index (χ0) is 20.4. The summed E-state index contributed by atoms with van der Waals surface area (Å²) in [5.41, 5.74) is 3.84. The van der Waals surface area contributed by atoms with E-state index in [4.69, 9.17) is 0 Å². The molecule has 28 heavy (non-hydrogen) atoms. The topological polar surface area (TPSA) is 88.9 Å². The Hall–Kier alpha value is -3.00. The molecule has 1 aromatic carbocycles. The van der Waals surface area contributed by atoms with Crippen LogP contribution in [-0.4, -0.2) is 26.5 Å². The molecule has 0 radical (unpaired) electrons. The lowest BCUT2D eigenvalue weighted by Gasteiger charge is -2.12. The summed E-state index contributed by atoms with van der Waals surface area (Å²) in [4.78, 5) is 33.8. The third-order valence-corrected chi connectivity index (χ3v) is 5.51. The number of nitrogens with one attached hydrogen (secondary N) is 2. The summed E-state index contributed by atoms with van der Waals surface area (Å²) in [5.74, 6) is 0.280. The second-order valence-corrected chi connectivity index (χ2v) is 7.85. The Morgan fingerprint density at radius 3 is 2.61 bits per heavy atom. The summed E-state index contributed by atoms with van der Waals surface area (Å²) >= 11 is 1.16. The highest BCUT2D eigenvalue weighted by Crippen LogP contribution is 2.26. The van der Waals surface area contributed by atoms with Crippen molar-refractivity contribution in [2.24, 2.45) is 7.05 Å². The largest absolute Gasteiger partial charge is 0.350 e. The number of hydrogen-bond donors (Lipinski definition) is 2. The van der Waals surface area contributed by atoms with E-state index >= 15 is 0 Å². The minimum Gasteiger partial charge on any atom is -0.350 e. The minimum absolute atomic E-state index is 0.0275. The Morgan fingerprint density at radius 2 is 1.96 bits per heavy atom. The molecular formula is C20H23N5O2S. The molecule has 3 rings (SSSR count). The van der Waals surface area contributed by atoms with Gasteiger partial charge in [0, 0.05) is 36.2 Å². The maximum atomic E-state index is 12.3. The van der Waals surface area contributed by atoms with Crippen LogP contribution < -0.4 is 15.5 Å². The van der Waals surface area contributed by atoms with Gasteiger partial charge in [0.1, 0.15) is 0 Å². The van der Waals surface area contributed by atoms with Crippen LogP contribution in [0.4, 0.5) is 11.6 Å². The first-order valence-corrected chi connectivity index (χ1v) is 9.76. The highest BCUT2D eigenvalue weighted by Gasteiger charge is 2.14. The van der Waals surface area contributed by atoms with Gasteiger partial charge in [-0.05, 0) is 51.5 Å². The van der Waals surface area contributed by atoms with Gasteiger partial charge >= 0.3 is 4.87 Å². The molecule has 0 aliphatic rings. The molecule has 146 valence electrons. The van der Waals surface area contributed by atoms with Crippen molar-refractivity contribution in [3.05, 3.63) is 57.0 Å². The Morgan fingerprint density at radius 1 is 1.21 bits per heavy atom. The Balaban J connectivity index is 1.91. The van der Waals surface area contributed by atoms with Crippen molar-refractivity contribution in [1.82, 2.24) is 19.9 Å². The number of amides is 1. The Bertz CT molecular complexity index is 1080. The van der Waals surface area contributed by atoms with Crippen molar-refractivity contribution in [2.75, 3.05) is 5.32 Å². The molecule has 2 aromatic heterocycles. The molecule has 0 unspecified atom stereocenters. The molecule has 3 aromatic rings. The van der Waals surface area contributed by atoms with Crippen LogP contribution in [0.5, 0.6) is 0 Å². The van der Waals surface area contributed by atoms with Crippen LogP contribution in [0.25, 0.3) is 10.6 Å². The van der Waals surface area contributed by atoms with Gasteiger partial charge in [-0.1, -0.05) is 17.4 Å². The number of rotatable bonds is 5. The number of thiazole rings is 1. The van der Waals surface area contributed by atoms with Gasteiger partial charge in [0.15, 0.2) is 0 Å². The minimum atomic E-state index is -0.127. The maximum absolute atomic E-state index is 12.3. The van der Waals surface area contributed by atoms with E-state index in [-0.39, 0.29) is 16.8 Å². The van der Waals surface area contributed by atoms with E-state index in [1.54, 1.807) is 36.0 Å². The van der Waals surface area contributed by atoms with Crippen molar-refractivity contribution in [3.8, 4) is 10.6 Å². The predicted molar refractivity (Wildman–Crippen MR) is 112 cm³/mol. The molecule has 0 saturated carbocycles. The van der Waals surface area contributed by atoms with Crippen molar-refractivity contribution in [1.29, 1.82) is 0 Å². The average molecular weight is 398 g/mol. The normalized spacial score (nSPS) is 10.9. The molecule has 0 fully saturated rings. The lowest BCUT2D eigenvalue weighted by molar-refractivity contribution is 0.0943. The highest BCUT2D eigenvalue weighted by atomic mass is 32.1. The van der Waals surface area contributed by atoms with Crippen molar-refractivity contribution >= 4 is 28.9 Å². The van der Waals surface area contributed by atoms with Gasteiger partial charge in [-0.2, -0.15) is 0 Å². The number of carbonyl (C=O) groups is 1. The summed E-state index contributed by atoms with van der Waals surface area (Å²) in [6, 6.07) is 7.30. The molecule has 0 aliphatic carbocycles. The number of aryl methyl sites for hydroxylation is 1. The fourth-order valence-electron chi connectivity index (χ4n) is 2.67.